The number of hydrogen-bond donors (Lipinski definition) is 0. The molecule has 5 nitrogen and oxygen atoms in total. The third-order valence-electron chi connectivity index (χ3n) is 4.80. The highest BCUT2D eigenvalue weighted by molar-refractivity contribution is 8.13. The largest absolute Gasteiger partial charge is 0.468 e. The van der Waals surface area contributed by atoms with Crippen molar-refractivity contribution in [3.05, 3.63) is 63.6 Å². The Morgan fingerprint density at radius 1 is 1.18 bits per heavy atom. The van der Waals surface area contributed by atoms with Crippen molar-refractivity contribution < 1.29 is 9.53 Å². The highest BCUT2D eigenvalue weighted by atomic mass is 35.5. The summed E-state index contributed by atoms with van der Waals surface area (Å²) in [6.45, 7) is 2.19. The predicted molar refractivity (Wildman–Crippen MR) is 115 cm³/mol. The minimum Gasteiger partial charge on any atom is -0.468 e. The van der Waals surface area contributed by atoms with Gasteiger partial charge in [-0.05, 0) is 48.4 Å². The van der Waals surface area contributed by atoms with E-state index in [4.69, 9.17) is 38.0 Å². The van der Waals surface area contributed by atoms with Gasteiger partial charge in [-0.2, -0.15) is 5.10 Å². The van der Waals surface area contributed by atoms with Gasteiger partial charge in [0, 0.05) is 15.8 Å². The number of hydrogen-bond acceptors (Lipinski definition) is 6. The fourth-order valence-corrected chi connectivity index (χ4v) is 4.56. The number of hydrazone groups is 1. The van der Waals surface area contributed by atoms with Crippen molar-refractivity contribution in [3.8, 4) is 0 Å². The number of rotatable bonds is 2. The predicted octanol–water partition coefficient (Wildman–Crippen LogP) is 5.13. The van der Waals surface area contributed by atoms with Crippen molar-refractivity contribution in [2.45, 2.75) is 12.7 Å². The van der Waals surface area contributed by atoms with Crippen molar-refractivity contribution in [3.63, 3.8) is 0 Å². The third kappa shape index (κ3) is 3.41. The van der Waals surface area contributed by atoms with Gasteiger partial charge in [0.25, 0.3) is 0 Å². The van der Waals surface area contributed by atoms with Crippen molar-refractivity contribution >= 4 is 57.5 Å². The smallest absolute Gasteiger partial charge is 0.319 e. The maximum atomic E-state index is 12.6. The number of methoxy groups -OCH3 is 1. The van der Waals surface area contributed by atoms with E-state index in [0.717, 1.165) is 27.7 Å². The standard InChI is InChI=1S/C20H17Cl2N3O2S/c1-20(18(26)27-2)11-25(24-17(20)12-3-5-14(21)6-4-12)19-23-16-8-7-15(22)9-13(16)10-28-19/h3-9H,10-11H2,1-2H3/t20-/m1/s1. The Labute approximate surface area is 177 Å². The second-order valence-electron chi connectivity index (χ2n) is 6.79. The Hall–Kier alpha value is -2.02. The second kappa shape index (κ2) is 7.43. The molecule has 0 unspecified atom stereocenters. The van der Waals surface area contributed by atoms with Gasteiger partial charge in [0.05, 0.1) is 25.1 Å². The molecule has 0 radical (unpaired) electrons. The van der Waals surface area contributed by atoms with E-state index in [1.54, 1.807) is 28.9 Å². The van der Waals surface area contributed by atoms with E-state index in [1.165, 1.54) is 7.11 Å². The quantitative estimate of drug-likeness (QED) is 0.616. The van der Waals surface area contributed by atoms with Gasteiger partial charge in [0.15, 0.2) is 5.17 Å². The Bertz CT molecular complexity index is 1010. The summed E-state index contributed by atoms with van der Waals surface area (Å²) < 4.78 is 5.08. The molecule has 2 aliphatic heterocycles. The van der Waals surface area contributed by atoms with Gasteiger partial charge in [-0.15, -0.1) is 0 Å². The van der Waals surface area contributed by atoms with Gasteiger partial charge in [0.1, 0.15) is 5.41 Å². The van der Waals surface area contributed by atoms with E-state index in [0.29, 0.717) is 22.3 Å². The molecule has 0 saturated heterocycles. The van der Waals surface area contributed by atoms with Crippen molar-refractivity contribution in [2.24, 2.45) is 15.5 Å². The molecule has 4 rings (SSSR count). The van der Waals surface area contributed by atoms with Crippen molar-refractivity contribution in [1.82, 2.24) is 5.01 Å². The average molecular weight is 434 g/mol. The summed E-state index contributed by atoms with van der Waals surface area (Å²) in [6, 6.07) is 12.9. The fraction of sp³-hybridized carbons (Fsp3) is 0.250. The first-order valence-electron chi connectivity index (χ1n) is 8.61. The summed E-state index contributed by atoms with van der Waals surface area (Å²) in [4.78, 5) is 17.4. The lowest BCUT2D eigenvalue weighted by Crippen LogP contribution is -2.41. The van der Waals surface area contributed by atoms with Gasteiger partial charge in [-0.1, -0.05) is 47.1 Å². The monoisotopic (exact) mass is 433 g/mol. The topological polar surface area (TPSA) is 54.3 Å². The fourth-order valence-electron chi connectivity index (χ4n) is 3.31. The molecular formula is C20H17Cl2N3O2S. The molecule has 1 atom stereocenters. The number of aliphatic imine (C=N–C) groups is 1. The third-order valence-corrected chi connectivity index (χ3v) is 6.30. The molecule has 0 amide bonds. The van der Waals surface area contributed by atoms with Crippen LogP contribution in [0, 0.1) is 5.41 Å². The van der Waals surface area contributed by atoms with E-state index in [-0.39, 0.29) is 5.97 Å². The molecule has 0 aliphatic carbocycles. The van der Waals surface area contributed by atoms with E-state index in [9.17, 15) is 4.79 Å². The number of nitrogens with zero attached hydrogens (tertiary/aromatic N) is 3. The number of thioether (sulfide) groups is 1. The molecular weight excluding hydrogens is 417 g/mol. The molecule has 0 saturated carbocycles. The van der Waals surface area contributed by atoms with E-state index < -0.39 is 5.41 Å². The molecule has 0 aromatic heterocycles. The molecule has 28 heavy (non-hydrogen) atoms. The van der Waals surface area contributed by atoms with E-state index >= 15 is 0 Å². The first-order valence-corrected chi connectivity index (χ1v) is 10.4. The number of fused-ring (bicyclic) bond motifs is 1. The van der Waals surface area contributed by atoms with E-state index in [2.05, 4.69) is 0 Å². The first kappa shape index (κ1) is 19.3. The minimum absolute atomic E-state index is 0.336. The summed E-state index contributed by atoms with van der Waals surface area (Å²) in [5, 5.41) is 8.60. The zero-order valence-electron chi connectivity index (χ0n) is 15.3. The number of benzene rings is 2. The molecule has 2 aliphatic rings. The Balaban J connectivity index is 1.74. The number of ether oxygens (including phenoxy) is 1. The van der Waals surface area contributed by atoms with E-state index in [1.807, 2.05) is 37.3 Å². The van der Waals surface area contributed by atoms with Gasteiger partial charge < -0.3 is 4.74 Å². The molecule has 8 heteroatoms. The zero-order chi connectivity index (χ0) is 19.9. The van der Waals surface area contributed by atoms with Crippen LogP contribution < -0.4 is 0 Å². The molecule has 144 valence electrons. The highest BCUT2D eigenvalue weighted by Crippen LogP contribution is 2.38. The molecule has 2 aromatic rings. The molecule has 0 spiro atoms. The zero-order valence-corrected chi connectivity index (χ0v) is 17.6. The van der Waals surface area contributed by atoms with Gasteiger partial charge >= 0.3 is 5.97 Å². The molecule has 0 fully saturated rings. The molecule has 2 heterocycles. The average Bonchev–Trinajstić information content (AvgIpc) is 3.06. The normalized spacial score (nSPS) is 21.1. The lowest BCUT2D eigenvalue weighted by atomic mass is 9.82. The number of halogens is 2. The van der Waals surface area contributed by atoms with Gasteiger partial charge in [-0.3, -0.25) is 4.79 Å². The van der Waals surface area contributed by atoms with Crippen LogP contribution in [0.1, 0.15) is 18.1 Å². The van der Waals surface area contributed by atoms with Gasteiger partial charge in [-0.25, -0.2) is 10.0 Å². The summed E-state index contributed by atoms with van der Waals surface area (Å²) in [7, 11) is 1.39. The number of carbonyl (C=O) groups excluding carboxylic acids is 1. The summed E-state index contributed by atoms with van der Waals surface area (Å²) in [5.74, 6) is 0.406. The molecule has 2 aromatic carbocycles. The Morgan fingerprint density at radius 2 is 1.89 bits per heavy atom. The Kier molecular flexibility index (Phi) is 5.12. The minimum atomic E-state index is -0.911. The van der Waals surface area contributed by atoms with Gasteiger partial charge in [0.2, 0.25) is 0 Å². The Morgan fingerprint density at radius 3 is 2.61 bits per heavy atom. The molecule has 0 N–H and O–H groups in total. The van der Waals surface area contributed by atoms with Crippen LogP contribution in [0.5, 0.6) is 0 Å². The lowest BCUT2D eigenvalue weighted by molar-refractivity contribution is -0.147. The summed E-state index contributed by atoms with van der Waals surface area (Å²) in [6.07, 6.45) is 0. The van der Waals surface area contributed by atoms with Crippen LogP contribution in [0.15, 0.2) is 52.6 Å². The van der Waals surface area contributed by atoms with Crippen LogP contribution in [0.3, 0.4) is 0 Å². The van der Waals surface area contributed by atoms with Crippen molar-refractivity contribution in [2.75, 3.05) is 13.7 Å². The second-order valence-corrected chi connectivity index (χ2v) is 8.61. The number of amidine groups is 1. The summed E-state index contributed by atoms with van der Waals surface area (Å²) in [5.41, 5.74) is 2.51. The number of carbonyl (C=O) groups is 1. The van der Waals surface area contributed by atoms with Crippen LogP contribution >= 0.6 is 35.0 Å². The van der Waals surface area contributed by atoms with Crippen LogP contribution in [-0.4, -0.2) is 35.5 Å². The molecule has 0 bridgehead atoms. The van der Waals surface area contributed by atoms with Crippen LogP contribution in [0.2, 0.25) is 10.0 Å². The van der Waals surface area contributed by atoms with Crippen LogP contribution in [-0.2, 0) is 15.3 Å². The summed E-state index contributed by atoms with van der Waals surface area (Å²) >= 11 is 13.7. The first-order chi connectivity index (χ1) is 13.4. The SMILES string of the molecule is COC(=O)[C@]1(C)CN(C2=Nc3ccc(Cl)cc3CS2)N=C1c1ccc(Cl)cc1. The number of esters is 1. The van der Waals surface area contributed by atoms with Crippen LogP contribution in [0.4, 0.5) is 5.69 Å². The van der Waals surface area contributed by atoms with Crippen molar-refractivity contribution in [1.29, 1.82) is 0 Å². The maximum Gasteiger partial charge on any atom is 0.319 e. The van der Waals surface area contributed by atoms with Crippen LogP contribution in [0.25, 0.3) is 0 Å². The maximum absolute atomic E-state index is 12.6. The lowest BCUT2D eigenvalue weighted by Gasteiger charge is -2.25. The highest BCUT2D eigenvalue weighted by Gasteiger charge is 2.48.